The Labute approximate surface area is 198 Å². The zero-order valence-corrected chi connectivity index (χ0v) is 19.6. The number of likely N-dealkylation sites (N-methyl/N-ethyl adjacent to an activating group) is 1. The van der Waals surface area contributed by atoms with Gasteiger partial charge in [0.25, 0.3) is 0 Å². The van der Waals surface area contributed by atoms with Crippen molar-refractivity contribution in [2.24, 2.45) is 0 Å². The summed E-state index contributed by atoms with van der Waals surface area (Å²) in [6, 6.07) is 16.3. The van der Waals surface area contributed by atoms with Crippen LogP contribution in [0, 0.1) is 0 Å². The predicted molar refractivity (Wildman–Crippen MR) is 134 cm³/mol. The monoisotopic (exact) mass is 457 g/mol. The Morgan fingerprint density at radius 2 is 2.03 bits per heavy atom. The highest BCUT2D eigenvalue weighted by atomic mass is 32.1. The van der Waals surface area contributed by atoms with Crippen molar-refractivity contribution in [2.75, 3.05) is 20.6 Å². The summed E-state index contributed by atoms with van der Waals surface area (Å²) in [5, 5.41) is 12.0. The second-order valence-electron chi connectivity index (χ2n) is 7.97. The first kappa shape index (κ1) is 22.6. The molecule has 0 saturated carbocycles. The van der Waals surface area contributed by atoms with E-state index in [-0.39, 0.29) is 11.9 Å². The lowest BCUT2D eigenvalue weighted by atomic mass is 10.1. The molecule has 1 unspecified atom stereocenters. The Bertz CT molecular complexity index is 1180. The molecule has 7 heteroatoms. The van der Waals surface area contributed by atoms with Crippen molar-refractivity contribution >= 4 is 23.3 Å². The van der Waals surface area contributed by atoms with Gasteiger partial charge in [-0.15, -0.1) is 0 Å². The van der Waals surface area contributed by atoms with Crippen molar-refractivity contribution < 1.29 is 4.79 Å². The Morgan fingerprint density at radius 1 is 1.18 bits per heavy atom. The van der Waals surface area contributed by atoms with E-state index >= 15 is 0 Å². The third-order valence-electron chi connectivity index (χ3n) is 5.35. The van der Waals surface area contributed by atoms with Crippen LogP contribution < -0.4 is 5.32 Å². The molecule has 4 aromatic rings. The lowest BCUT2D eigenvalue weighted by molar-refractivity contribution is -0.116. The minimum atomic E-state index is -0.134. The molecule has 0 aliphatic carbocycles. The number of carbonyl (C=O) groups excluding carboxylic acids is 1. The summed E-state index contributed by atoms with van der Waals surface area (Å²) in [6.45, 7) is 1.19. The predicted octanol–water partition coefficient (Wildman–Crippen LogP) is 4.49. The van der Waals surface area contributed by atoms with Gasteiger partial charge in [-0.05, 0) is 60.3 Å². The summed E-state index contributed by atoms with van der Waals surface area (Å²) in [6.07, 6.45) is 8.88. The number of nitrogens with zero attached hydrogens (tertiary/aromatic N) is 4. The topological polar surface area (TPSA) is 63.1 Å². The number of hydrogen-bond acceptors (Lipinski definition) is 5. The molecule has 0 saturated heterocycles. The first-order valence-electron chi connectivity index (χ1n) is 10.8. The van der Waals surface area contributed by atoms with E-state index in [1.165, 1.54) is 5.56 Å². The van der Waals surface area contributed by atoms with E-state index in [2.05, 4.69) is 44.2 Å². The fourth-order valence-corrected chi connectivity index (χ4v) is 4.33. The molecule has 1 aromatic carbocycles. The minimum Gasteiger partial charge on any atom is -0.351 e. The van der Waals surface area contributed by atoms with Crippen LogP contribution in [0.1, 0.15) is 22.7 Å². The van der Waals surface area contributed by atoms with E-state index in [0.29, 0.717) is 13.1 Å². The Hall–Kier alpha value is -3.55. The van der Waals surface area contributed by atoms with Crippen LogP contribution in [-0.4, -0.2) is 46.2 Å². The van der Waals surface area contributed by atoms with Gasteiger partial charge in [-0.25, -0.2) is 0 Å². The van der Waals surface area contributed by atoms with E-state index in [4.69, 9.17) is 5.10 Å². The molecular weight excluding hydrogens is 430 g/mol. The average Bonchev–Trinajstić information content (AvgIpc) is 3.49. The third-order valence-corrected chi connectivity index (χ3v) is 6.05. The molecule has 0 spiro atoms. The Balaban J connectivity index is 1.50. The lowest BCUT2D eigenvalue weighted by Gasteiger charge is -2.23. The maximum atomic E-state index is 12.6. The highest BCUT2D eigenvalue weighted by Gasteiger charge is 2.15. The van der Waals surface area contributed by atoms with Crippen molar-refractivity contribution in [3.63, 3.8) is 0 Å². The number of rotatable bonds is 9. The molecule has 6 nitrogen and oxygen atoms in total. The van der Waals surface area contributed by atoms with Crippen molar-refractivity contribution in [1.82, 2.24) is 25.0 Å². The first-order chi connectivity index (χ1) is 16.1. The average molecular weight is 458 g/mol. The van der Waals surface area contributed by atoms with Crippen LogP contribution in [-0.2, 0) is 11.3 Å². The molecule has 4 rings (SSSR count). The van der Waals surface area contributed by atoms with Gasteiger partial charge >= 0.3 is 0 Å². The van der Waals surface area contributed by atoms with Crippen molar-refractivity contribution in [3.8, 4) is 11.3 Å². The van der Waals surface area contributed by atoms with E-state index in [9.17, 15) is 4.79 Å². The zero-order chi connectivity index (χ0) is 23.0. The molecule has 1 N–H and O–H groups in total. The number of nitrogens with one attached hydrogen (secondary N) is 1. The fourth-order valence-electron chi connectivity index (χ4n) is 3.62. The van der Waals surface area contributed by atoms with Gasteiger partial charge in [-0.3, -0.25) is 14.5 Å². The van der Waals surface area contributed by atoms with Crippen molar-refractivity contribution in [1.29, 1.82) is 0 Å². The minimum absolute atomic E-state index is 0.133. The summed E-state index contributed by atoms with van der Waals surface area (Å²) < 4.78 is 1.90. The van der Waals surface area contributed by atoms with E-state index in [1.807, 2.05) is 61.4 Å². The lowest BCUT2D eigenvalue weighted by Crippen LogP contribution is -2.33. The number of pyridine rings is 1. The van der Waals surface area contributed by atoms with Crippen molar-refractivity contribution in [3.05, 3.63) is 101 Å². The summed E-state index contributed by atoms with van der Waals surface area (Å²) in [7, 11) is 4.04. The van der Waals surface area contributed by atoms with Gasteiger partial charge in [0.1, 0.15) is 5.69 Å². The molecule has 0 aliphatic heterocycles. The van der Waals surface area contributed by atoms with Crippen LogP contribution in [0.15, 0.2) is 84.0 Å². The highest BCUT2D eigenvalue weighted by molar-refractivity contribution is 7.08. The van der Waals surface area contributed by atoms with Crippen LogP contribution in [0.25, 0.3) is 17.3 Å². The molecule has 3 aromatic heterocycles. The SMILES string of the molecule is CN(C)C(CNC(=O)C=Cc1cn(Cc2ccccc2)nc1-c1cccnc1)c1ccsc1. The largest absolute Gasteiger partial charge is 0.351 e. The number of aromatic nitrogens is 3. The highest BCUT2D eigenvalue weighted by Crippen LogP contribution is 2.23. The number of hydrogen-bond donors (Lipinski definition) is 1. The molecule has 33 heavy (non-hydrogen) atoms. The number of carbonyl (C=O) groups is 1. The Morgan fingerprint density at radius 3 is 2.73 bits per heavy atom. The van der Waals surface area contributed by atoms with Gasteiger partial charge in [-0.1, -0.05) is 30.3 Å². The summed E-state index contributed by atoms with van der Waals surface area (Å²) in [4.78, 5) is 18.9. The molecule has 0 bridgehead atoms. The molecule has 0 radical (unpaired) electrons. The smallest absolute Gasteiger partial charge is 0.244 e. The van der Waals surface area contributed by atoms with Gasteiger partial charge in [-0.2, -0.15) is 16.4 Å². The molecule has 1 atom stereocenters. The van der Waals surface area contributed by atoms with Crippen LogP contribution >= 0.6 is 11.3 Å². The second-order valence-corrected chi connectivity index (χ2v) is 8.75. The van der Waals surface area contributed by atoms with Gasteiger partial charge < -0.3 is 10.2 Å². The summed E-state index contributed by atoms with van der Waals surface area (Å²) >= 11 is 1.66. The zero-order valence-electron chi connectivity index (χ0n) is 18.8. The van der Waals surface area contributed by atoms with Crippen LogP contribution in [0.5, 0.6) is 0 Å². The molecule has 0 aliphatic rings. The summed E-state index contributed by atoms with van der Waals surface area (Å²) in [5.74, 6) is -0.134. The number of thiophene rings is 1. The number of amides is 1. The third kappa shape index (κ3) is 6.03. The molecule has 168 valence electrons. The normalized spacial score (nSPS) is 12.3. The van der Waals surface area contributed by atoms with Gasteiger partial charge in [0.2, 0.25) is 5.91 Å². The van der Waals surface area contributed by atoms with Gasteiger partial charge in [0, 0.05) is 42.3 Å². The fraction of sp³-hybridized carbons (Fsp3) is 0.192. The van der Waals surface area contributed by atoms with E-state index in [0.717, 1.165) is 22.4 Å². The number of benzene rings is 1. The van der Waals surface area contributed by atoms with Gasteiger partial charge in [0.15, 0.2) is 0 Å². The van der Waals surface area contributed by atoms with Crippen LogP contribution in [0.3, 0.4) is 0 Å². The molecule has 3 heterocycles. The van der Waals surface area contributed by atoms with Gasteiger partial charge in [0.05, 0.1) is 12.6 Å². The standard InChI is InChI=1S/C26H27N5OS/c1-30(2)24(23-12-14-33-19-23)16-28-25(32)11-10-22-18-31(17-20-7-4-3-5-8-20)29-26(22)21-9-6-13-27-15-21/h3-15,18-19,24H,16-17H2,1-2H3,(H,28,32). The van der Waals surface area contributed by atoms with Crippen molar-refractivity contribution in [2.45, 2.75) is 12.6 Å². The quantitative estimate of drug-likeness (QED) is 0.376. The first-order valence-corrected chi connectivity index (χ1v) is 11.7. The maximum Gasteiger partial charge on any atom is 0.244 e. The molecule has 0 fully saturated rings. The second kappa shape index (κ2) is 10.8. The van der Waals surface area contributed by atoms with E-state index < -0.39 is 0 Å². The summed E-state index contributed by atoms with van der Waals surface area (Å²) in [5.41, 5.74) is 4.95. The van der Waals surface area contributed by atoms with Crippen LogP contribution in [0.2, 0.25) is 0 Å². The molecule has 1 amide bonds. The maximum absolute atomic E-state index is 12.6. The van der Waals surface area contributed by atoms with Crippen LogP contribution in [0.4, 0.5) is 0 Å². The van der Waals surface area contributed by atoms with E-state index in [1.54, 1.807) is 29.8 Å². The Kier molecular flexibility index (Phi) is 7.44. The molecular formula is C26H27N5OS.